The van der Waals surface area contributed by atoms with Gasteiger partial charge in [-0.1, -0.05) is 0 Å². The molecule has 1 aliphatic heterocycles. The van der Waals surface area contributed by atoms with Gasteiger partial charge in [0.25, 0.3) is 17.6 Å². The highest BCUT2D eigenvalue weighted by atomic mass is 19.2. The number of hydrogen-bond donors (Lipinski definition) is 4. The van der Waals surface area contributed by atoms with E-state index in [2.05, 4.69) is 15.7 Å². The Morgan fingerprint density at radius 2 is 1.85 bits per heavy atom. The maximum Gasteiger partial charge on any atom is 0.293 e. The normalized spacial score (nSPS) is 16.1. The molecule has 0 atom stereocenters. The van der Waals surface area contributed by atoms with Crippen molar-refractivity contribution in [2.45, 2.75) is 44.7 Å². The average molecular weight is 474 g/mol. The van der Waals surface area contributed by atoms with Gasteiger partial charge >= 0.3 is 0 Å². The van der Waals surface area contributed by atoms with Crippen LogP contribution in [0.3, 0.4) is 0 Å². The molecule has 34 heavy (non-hydrogen) atoms. The predicted molar refractivity (Wildman–Crippen MR) is 117 cm³/mol. The molecular formula is C22H21F3N6O3. The summed E-state index contributed by atoms with van der Waals surface area (Å²) >= 11 is 0. The Hall–Kier alpha value is -3.96. The van der Waals surface area contributed by atoms with E-state index < -0.39 is 46.3 Å². The highest BCUT2D eigenvalue weighted by Crippen LogP contribution is 2.37. The fourth-order valence-electron chi connectivity index (χ4n) is 4.37. The van der Waals surface area contributed by atoms with Crippen LogP contribution in [0, 0.1) is 29.8 Å². The van der Waals surface area contributed by atoms with Crippen LogP contribution in [0.15, 0.2) is 17.2 Å². The molecule has 1 aromatic carbocycles. The zero-order chi connectivity index (χ0) is 24.8. The summed E-state index contributed by atoms with van der Waals surface area (Å²) in [5, 5.41) is 15.7. The first kappa shape index (κ1) is 23.2. The number of rotatable bonds is 7. The van der Waals surface area contributed by atoms with Crippen molar-refractivity contribution >= 4 is 35.2 Å². The number of halogens is 3. The van der Waals surface area contributed by atoms with E-state index >= 15 is 0 Å². The van der Waals surface area contributed by atoms with Gasteiger partial charge in [-0.2, -0.15) is 5.10 Å². The molecule has 2 aliphatic rings. The molecule has 0 spiro atoms. The highest BCUT2D eigenvalue weighted by Gasteiger charge is 2.49. The number of anilines is 1. The fourth-order valence-corrected chi connectivity index (χ4v) is 4.37. The van der Waals surface area contributed by atoms with Crippen LogP contribution in [0.25, 0.3) is 0 Å². The maximum absolute atomic E-state index is 14.0. The number of carbonyl (C=O) groups is 3. The minimum atomic E-state index is -1.39. The van der Waals surface area contributed by atoms with Crippen LogP contribution >= 0.6 is 0 Å². The molecule has 0 saturated heterocycles. The van der Waals surface area contributed by atoms with Gasteiger partial charge in [0.2, 0.25) is 0 Å². The summed E-state index contributed by atoms with van der Waals surface area (Å²) in [6.45, 7) is 1.87. The second-order valence-corrected chi connectivity index (χ2v) is 8.27. The molecule has 4 rings (SSSR count). The third-order valence-electron chi connectivity index (χ3n) is 6.19. The molecule has 1 saturated carbocycles. The smallest absolute Gasteiger partial charge is 0.293 e. The van der Waals surface area contributed by atoms with Gasteiger partial charge in [0, 0.05) is 30.6 Å². The molecule has 1 fully saturated rings. The lowest BCUT2D eigenvalue weighted by molar-refractivity contribution is -0.117. The molecule has 12 heteroatoms. The molecule has 178 valence electrons. The van der Waals surface area contributed by atoms with Gasteiger partial charge in [-0.05, 0) is 38.2 Å². The van der Waals surface area contributed by atoms with Gasteiger partial charge in [-0.15, -0.1) is 0 Å². The van der Waals surface area contributed by atoms with Crippen molar-refractivity contribution < 1.29 is 27.6 Å². The topological polar surface area (TPSA) is 142 Å². The Morgan fingerprint density at radius 1 is 1.18 bits per heavy atom. The zero-order valence-electron chi connectivity index (χ0n) is 18.1. The van der Waals surface area contributed by atoms with E-state index in [4.69, 9.17) is 11.3 Å². The second kappa shape index (κ2) is 8.43. The summed E-state index contributed by atoms with van der Waals surface area (Å²) in [5.41, 5.74) is -0.609. The number of aromatic nitrogens is 1. The number of ketones is 1. The van der Waals surface area contributed by atoms with Gasteiger partial charge in [-0.25, -0.2) is 13.2 Å². The number of benzene rings is 1. The van der Waals surface area contributed by atoms with Crippen LogP contribution < -0.4 is 16.5 Å². The molecule has 2 aromatic rings. The van der Waals surface area contributed by atoms with E-state index in [0.29, 0.717) is 50.1 Å². The number of fused-ring (bicyclic) bond motifs is 1. The Bertz CT molecular complexity index is 1280. The van der Waals surface area contributed by atoms with Crippen molar-refractivity contribution in [1.82, 2.24) is 9.88 Å². The van der Waals surface area contributed by atoms with Crippen LogP contribution in [-0.2, 0) is 17.8 Å². The summed E-state index contributed by atoms with van der Waals surface area (Å²) in [5.74, 6) is -1.23. The standard InChI is InChI=1S/C22H21F3N6O3/c1-10-17(19(32)21(34)29-22(4-5-22)16(9-26)30-27)15-3-2-6-31(15)18(10)20(33)28-14-8-12(24)11(23)7-13(14)25/h7-9,26H,2-6,27H2,1H3,(H,28,33)(H,29,34). The Kier molecular flexibility index (Phi) is 5.75. The number of amides is 2. The molecule has 0 unspecified atom stereocenters. The molecular weight excluding hydrogens is 453 g/mol. The summed E-state index contributed by atoms with van der Waals surface area (Å²) in [6, 6.07) is 0.848. The third-order valence-corrected chi connectivity index (χ3v) is 6.19. The van der Waals surface area contributed by atoms with E-state index in [1.165, 1.54) is 6.92 Å². The van der Waals surface area contributed by atoms with Crippen LogP contribution in [0.1, 0.15) is 51.4 Å². The van der Waals surface area contributed by atoms with Gasteiger partial charge in [0.15, 0.2) is 11.6 Å². The fraction of sp³-hybridized carbons (Fsp3) is 0.318. The van der Waals surface area contributed by atoms with Crippen LogP contribution in [0.4, 0.5) is 18.9 Å². The minimum absolute atomic E-state index is 0.0256. The van der Waals surface area contributed by atoms with Crippen LogP contribution in [0.2, 0.25) is 0 Å². The van der Waals surface area contributed by atoms with E-state index in [-0.39, 0.29) is 22.5 Å². The first-order chi connectivity index (χ1) is 16.1. The van der Waals surface area contributed by atoms with Crippen molar-refractivity contribution in [3.63, 3.8) is 0 Å². The molecule has 2 amide bonds. The average Bonchev–Trinajstić information content (AvgIpc) is 3.30. The van der Waals surface area contributed by atoms with E-state index in [0.717, 1.165) is 6.21 Å². The minimum Gasteiger partial charge on any atom is -0.340 e. The molecule has 1 aliphatic carbocycles. The number of carbonyl (C=O) groups excluding carboxylic acids is 3. The number of hydrogen-bond acceptors (Lipinski definition) is 6. The maximum atomic E-state index is 14.0. The quantitative estimate of drug-likeness (QED) is 0.122. The van der Waals surface area contributed by atoms with Gasteiger partial charge in [0.1, 0.15) is 17.2 Å². The van der Waals surface area contributed by atoms with Crippen LogP contribution in [0.5, 0.6) is 0 Å². The van der Waals surface area contributed by atoms with E-state index in [1.54, 1.807) is 4.57 Å². The second-order valence-electron chi connectivity index (χ2n) is 8.27. The molecule has 9 nitrogen and oxygen atoms in total. The number of hydrazone groups is 1. The van der Waals surface area contributed by atoms with E-state index in [9.17, 15) is 27.6 Å². The van der Waals surface area contributed by atoms with Gasteiger partial charge in [0.05, 0.1) is 16.8 Å². The van der Waals surface area contributed by atoms with E-state index in [1.807, 2.05) is 0 Å². The van der Waals surface area contributed by atoms with Crippen molar-refractivity contribution in [2.24, 2.45) is 10.9 Å². The first-order valence-corrected chi connectivity index (χ1v) is 10.5. The van der Waals surface area contributed by atoms with Crippen molar-refractivity contribution in [3.8, 4) is 0 Å². The highest BCUT2D eigenvalue weighted by molar-refractivity contribution is 6.45. The molecule has 0 radical (unpaired) electrons. The molecule has 1 aromatic heterocycles. The summed E-state index contributed by atoms with van der Waals surface area (Å²) in [6.07, 6.45) is 2.90. The number of nitrogens with one attached hydrogen (secondary N) is 3. The first-order valence-electron chi connectivity index (χ1n) is 10.5. The molecule has 0 bridgehead atoms. The lowest BCUT2D eigenvalue weighted by Crippen LogP contribution is -2.47. The molecule has 5 N–H and O–H groups in total. The monoisotopic (exact) mass is 474 g/mol. The SMILES string of the molecule is Cc1c(C(=O)C(=O)NC2(C(C=N)=NN)CC2)c2n(c1C(=O)Nc1cc(F)c(F)cc1F)CCC2. The Balaban J connectivity index is 1.64. The lowest BCUT2D eigenvalue weighted by Gasteiger charge is -2.16. The predicted octanol–water partition coefficient (Wildman–Crippen LogP) is 2.21. The van der Waals surface area contributed by atoms with Gasteiger partial charge in [-0.3, -0.25) is 14.4 Å². The molecule has 2 heterocycles. The number of nitrogens with two attached hydrogens (primary N) is 1. The van der Waals surface area contributed by atoms with Crippen molar-refractivity contribution in [2.75, 3.05) is 5.32 Å². The van der Waals surface area contributed by atoms with Crippen LogP contribution in [-0.4, -0.2) is 39.6 Å². The number of nitrogens with zero attached hydrogens (tertiary/aromatic N) is 2. The largest absolute Gasteiger partial charge is 0.340 e. The van der Waals surface area contributed by atoms with Gasteiger partial charge < -0.3 is 26.5 Å². The number of Topliss-reactive ketones (excluding diaryl/α,β-unsaturated/α-hetero) is 1. The third kappa shape index (κ3) is 3.74. The zero-order valence-corrected chi connectivity index (χ0v) is 18.1. The summed E-state index contributed by atoms with van der Waals surface area (Å²) < 4.78 is 42.4. The Labute approximate surface area is 191 Å². The summed E-state index contributed by atoms with van der Waals surface area (Å²) in [7, 11) is 0. The Morgan fingerprint density at radius 3 is 2.47 bits per heavy atom. The van der Waals surface area contributed by atoms with Crippen molar-refractivity contribution in [3.05, 3.63) is 52.1 Å². The van der Waals surface area contributed by atoms with Crippen molar-refractivity contribution in [1.29, 1.82) is 5.41 Å². The lowest BCUT2D eigenvalue weighted by atomic mass is 10.0. The summed E-state index contributed by atoms with van der Waals surface area (Å²) in [4.78, 5) is 38.9.